The molecule has 5 aromatic rings. The first kappa shape index (κ1) is 24.8. The number of halogens is 2. The van der Waals surface area contributed by atoms with Gasteiger partial charge in [-0.3, -0.25) is 9.36 Å². The van der Waals surface area contributed by atoms with Gasteiger partial charge in [0.2, 0.25) is 0 Å². The monoisotopic (exact) mass is 582 g/mol. The first-order valence-electron chi connectivity index (χ1n) is 11.2. The summed E-state index contributed by atoms with van der Waals surface area (Å²) >= 11 is 8.97. The molecule has 0 fully saturated rings. The number of aromatic nitrogens is 3. The Morgan fingerprint density at radius 1 is 1.08 bits per heavy atom. The highest BCUT2D eigenvalue weighted by molar-refractivity contribution is 9.09. The summed E-state index contributed by atoms with van der Waals surface area (Å²) in [6.45, 7) is 0.627. The predicted octanol–water partition coefficient (Wildman–Crippen LogP) is 5.45. The lowest BCUT2D eigenvalue weighted by Gasteiger charge is -2.11. The summed E-state index contributed by atoms with van der Waals surface area (Å²) in [7, 11) is 0. The number of ether oxygens (including phenoxy) is 2. The zero-order chi connectivity index (χ0) is 25.8. The Hall–Kier alpha value is -3.89. The molecule has 0 atom stereocenters. The van der Waals surface area contributed by atoms with Gasteiger partial charge in [-0.15, -0.1) is 0 Å². The lowest BCUT2D eigenvalue weighted by Crippen LogP contribution is -2.19. The highest BCUT2D eigenvalue weighted by atomic mass is 79.9. The van der Waals surface area contributed by atoms with Gasteiger partial charge in [0.1, 0.15) is 36.4 Å². The molecule has 0 spiro atoms. The van der Waals surface area contributed by atoms with Crippen LogP contribution in [0.25, 0.3) is 22.0 Å². The molecule has 37 heavy (non-hydrogen) atoms. The number of esters is 1. The van der Waals surface area contributed by atoms with Crippen molar-refractivity contribution in [2.45, 2.75) is 13.2 Å². The van der Waals surface area contributed by atoms with Crippen LogP contribution in [0.1, 0.15) is 5.56 Å². The number of nitrogens with zero attached hydrogens (tertiary/aromatic N) is 3. The molecular weight excluding hydrogens is 564 g/mol. The van der Waals surface area contributed by atoms with E-state index in [1.807, 2.05) is 48.5 Å². The third kappa shape index (κ3) is 5.76. The van der Waals surface area contributed by atoms with Crippen molar-refractivity contribution in [2.24, 2.45) is 0 Å². The van der Waals surface area contributed by atoms with Gasteiger partial charge in [0.25, 0.3) is 0 Å². The minimum atomic E-state index is -0.545. The van der Waals surface area contributed by atoms with E-state index in [-0.39, 0.29) is 18.5 Å². The molecule has 0 aliphatic carbocycles. The molecule has 9 nitrogen and oxygen atoms in total. The van der Waals surface area contributed by atoms with E-state index in [9.17, 15) is 9.59 Å². The van der Waals surface area contributed by atoms with Crippen molar-refractivity contribution < 1.29 is 18.7 Å². The molecule has 0 unspecified atom stereocenters. The number of anilines is 2. The smallest absolute Gasteiger partial charge is 0.420 e. The first-order valence-corrected chi connectivity index (χ1v) is 12.7. The van der Waals surface area contributed by atoms with Crippen molar-refractivity contribution in [3.05, 3.63) is 88.1 Å². The van der Waals surface area contributed by atoms with Crippen molar-refractivity contribution in [1.29, 1.82) is 0 Å². The molecule has 11 heteroatoms. The predicted molar refractivity (Wildman–Crippen MR) is 144 cm³/mol. The average molecular weight is 584 g/mol. The molecular formula is C26H20BrClN4O5. The van der Waals surface area contributed by atoms with Gasteiger partial charge in [0.15, 0.2) is 5.58 Å². The lowest BCUT2D eigenvalue weighted by atomic mass is 10.2. The van der Waals surface area contributed by atoms with Gasteiger partial charge in [-0.05, 0) is 48.0 Å². The number of rotatable bonds is 9. The van der Waals surface area contributed by atoms with Crippen LogP contribution in [0.5, 0.6) is 5.75 Å². The fourth-order valence-corrected chi connectivity index (χ4v) is 4.02. The molecule has 2 aromatic heterocycles. The van der Waals surface area contributed by atoms with Crippen LogP contribution < -0.4 is 15.8 Å². The molecule has 0 saturated heterocycles. The molecule has 0 saturated carbocycles. The second kappa shape index (κ2) is 11.0. The summed E-state index contributed by atoms with van der Waals surface area (Å²) in [4.78, 5) is 32.5. The Kier molecular flexibility index (Phi) is 7.38. The molecule has 0 amide bonds. The number of carbonyl (C=O) groups is 1. The lowest BCUT2D eigenvalue weighted by molar-refractivity contribution is -0.140. The minimum Gasteiger partial charge on any atom is -0.489 e. The molecule has 2 heterocycles. The average Bonchev–Trinajstić information content (AvgIpc) is 3.21. The molecule has 5 rings (SSSR count). The topological polar surface area (TPSA) is 108 Å². The van der Waals surface area contributed by atoms with Gasteiger partial charge in [-0.2, -0.15) is 0 Å². The van der Waals surface area contributed by atoms with E-state index in [0.29, 0.717) is 39.5 Å². The molecule has 3 aromatic carbocycles. The van der Waals surface area contributed by atoms with Crippen LogP contribution in [0.3, 0.4) is 0 Å². The SMILES string of the molecule is O=C(CBr)OCCn1c(=O)oc2cc3ncnc(Nc4ccc(OCc5ccc(Cl)cc5)cc4)c3cc21. The van der Waals surface area contributed by atoms with Gasteiger partial charge < -0.3 is 19.2 Å². The van der Waals surface area contributed by atoms with Crippen LogP contribution in [-0.4, -0.2) is 32.4 Å². The highest BCUT2D eigenvalue weighted by Crippen LogP contribution is 2.28. The maximum atomic E-state index is 12.4. The van der Waals surface area contributed by atoms with Gasteiger partial charge >= 0.3 is 11.7 Å². The summed E-state index contributed by atoms with van der Waals surface area (Å²) in [5.74, 6) is 0.329. The third-order valence-corrected chi connectivity index (χ3v) is 6.26. The number of alkyl halides is 1. The van der Waals surface area contributed by atoms with Crippen LogP contribution in [0.15, 0.2) is 76.2 Å². The van der Waals surface area contributed by atoms with Gasteiger partial charge in [0, 0.05) is 22.2 Å². The Balaban J connectivity index is 1.35. The molecule has 0 aliphatic heterocycles. The summed E-state index contributed by atoms with van der Waals surface area (Å²) in [6, 6.07) is 18.5. The Bertz CT molecular complexity index is 1620. The van der Waals surface area contributed by atoms with Crippen molar-refractivity contribution in [1.82, 2.24) is 14.5 Å². The highest BCUT2D eigenvalue weighted by Gasteiger charge is 2.14. The van der Waals surface area contributed by atoms with E-state index in [2.05, 4.69) is 31.2 Å². The second-order valence-electron chi connectivity index (χ2n) is 8.00. The number of carbonyl (C=O) groups excluding carboxylic acids is 1. The maximum absolute atomic E-state index is 12.4. The quantitative estimate of drug-likeness (QED) is 0.180. The van der Waals surface area contributed by atoms with Crippen LogP contribution in [0.4, 0.5) is 11.5 Å². The van der Waals surface area contributed by atoms with Crippen molar-refractivity contribution in [2.75, 3.05) is 17.3 Å². The zero-order valence-electron chi connectivity index (χ0n) is 19.3. The number of hydrogen-bond acceptors (Lipinski definition) is 8. The van der Waals surface area contributed by atoms with Gasteiger partial charge in [0.05, 0.1) is 17.6 Å². The summed E-state index contributed by atoms with van der Waals surface area (Å²) in [5.41, 5.74) is 3.36. The van der Waals surface area contributed by atoms with E-state index in [1.165, 1.54) is 10.9 Å². The van der Waals surface area contributed by atoms with Gasteiger partial charge in [-0.25, -0.2) is 14.8 Å². The van der Waals surface area contributed by atoms with Crippen molar-refractivity contribution in [3.8, 4) is 5.75 Å². The summed E-state index contributed by atoms with van der Waals surface area (Å²) in [5, 5.41) is 4.76. The van der Waals surface area contributed by atoms with Gasteiger partial charge in [-0.1, -0.05) is 39.7 Å². The maximum Gasteiger partial charge on any atom is 0.420 e. The number of nitrogens with one attached hydrogen (secondary N) is 1. The summed E-state index contributed by atoms with van der Waals surface area (Å²) < 4.78 is 17.7. The number of hydrogen-bond donors (Lipinski definition) is 1. The molecule has 1 N–H and O–H groups in total. The zero-order valence-corrected chi connectivity index (χ0v) is 21.7. The summed E-state index contributed by atoms with van der Waals surface area (Å²) in [6.07, 6.45) is 1.44. The molecule has 188 valence electrons. The minimum absolute atomic E-state index is 0.0415. The first-order chi connectivity index (χ1) is 18.0. The number of benzene rings is 3. The van der Waals surface area contributed by atoms with E-state index in [0.717, 1.165) is 17.0 Å². The number of fused-ring (bicyclic) bond motifs is 2. The largest absolute Gasteiger partial charge is 0.489 e. The fourth-order valence-electron chi connectivity index (χ4n) is 3.73. The Labute approximate surface area is 224 Å². The van der Waals surface area contributed by atoms with E-state index < -0.39 is 11.7 Å². The Morgan fingerprint density at radius 3 is 2.62 bits per heavy atom. The molecule has 0 aliphatic rings. The normalized spacial score (nSPS) is 11.1. The Morgan fingerprint density at radius 2 is 1.86 bits per heavy atom. The third-order valence-electron chi connectivity index (χ3n) is 5.55. The van der Waals surface area contributed by atoms with E-state index in [4.69, 9.17) is 25.5 Å². The van der Waals surface area contributed by atoms with Crippen molar-refractivity contribution >= 4 is 67.0 Å². The second-order valence-corrected chi connectivity index (χ2v) is 8.99. The fraction of sp³-hybridized carbons (Fsp3) is 0.154. The molecule has 0 radical (unpaired) electrons. The van der Waals surface area contributed by atoms with Crippen LogP contribution >= 0.6 is 27.5 Å². The van der Waals surface area contributed by atoms with Crippen molar-refractivity contribution in [3.63, 3.8) is 0 Å². The standard InChI is InChI=1S/C26H20BrClN4O5/c27-13-24(33)35-10-9-32-22-11-20-21(12-23(22)37-26(32)34)29-15-30-25(20)31-18-5-7-19(8-6-18)36-14-16-1-3-17(28)4-2-16/h1-8,11-12,15H,9-10,13-14H2,(H,29,30,31). The van der Waals surface area contributed by atoms with E-state index in [1.54, 1.807) is 12.1 Å². The van der Waals surface area contributed by atoms with E-state index >= 15 is 0 Å². The molecule has 0 bridgehead atoms. The van der Waals surface area contributed by atoms with Crippen LogP contribution in [-0.2, 0) is 22.7 Å². The van der Waals surface area contributed by atoms with Crippen LogP contribution in [0.2, 0.25) is 5.02 Å². The number of oxazole rings is 1. The van der Waals surface area contributed by atoms with Crippen LogP contribution in [0, 0.1) is 0 Å².